The highest BCUT2D eigenvalue weighted by Crippen LogP contribution is 2.42. The highest BCUT2D eigenvalue weighted by molar-refractivity contribution is 8.01. The standard InChI is InChI=1S/C15H16N6O3S3/c1-6-3-16-14(17-6)18-9-11(22)21-10(13(23)24)8(4-25-12(9)21)5-26-15-20-19-7(2)27-15/h3,9,12H,4-5H2,1-2H3,(H,23,24)(H2,16,17,18)/t9?,12-/m0/s1. The Hall–Kier alpha value is -2.05. The van der Waals surface area contributed by atoms with Crippen LogP contribution in [0.3, 0.4) is 0 Å². The van der Waals surface area contributed by atoms with Crippen LogP contribution in [0.15, 0.2) is 21.8 Å². The number of hydrogen-bond donors (Lipinski definition) is 3. The Balaban J connectivity index is 1.50. The number of β-lactam (4-membered cyclic amide) rings is 1. The summed E-state index contributed by atoms with van der Waals surface area (Å²) in [5, 5.41) is 21.4. The van der Waals surface area contributed by atoms with Crippen molar-refractivity contribution in [3.8, 4) is 0 Å². The van der Waals surface area contributed by atoms with E-state index < -0.39 is 12.0 Å². The summed E-state index contributed by atoms with van der Waals surface area (Å²) < 4.78 is 0.791. The number of aromatic amines is 1. The first-order valence-electron chi connectivity index (χ1n) is 8.05. The molecule has 0 bridgehead atoms. The molecule has 1 unspecified atom stereocenters. The number of thioether (sulfide) groups is 2. The number of carboxylic acid groups (broad SMARTS) is 1. The van der Waals surface area contributed by atoms with E-state index in [1.165, 1.54) is 28.0 Å². The number of nitrogens with one attached hydrogen (secondary N) is 2. The Morgan fingerprint density at radius 2 is 2.30 bits per heavy atom. The molecule has 27 heavy (non-hydrogen) atoms. The SMILES string of the molecule is Cc1c[nH]c(NC2C(=O)N3C(C(=O)O)=C(CSc4nnc(C)s4)CS[C@@H]23)n1. The van der Waals surface area contributed by atoms with Crippen LogP contribution in [-0.4, -0.2) is 65.0 Å². The molecule has 1 amide bonds. The fourth-order valence-electron chi connectivity index (χ4n) is 2.91. The Morgan fingerprint density at radius 1 is 1.48 bits per heavy atom. The number of carbonyl (C=O) groups is 2. The van der Waals surface area contributed by atoms with Gasteiger partial charge in [0.1, 0.15) is 22.1 Å². The van der Waals surface area contributed by atoms with Crippen LogP contribution in [-0.2, 0) is 9.59 Å². The maximum Gasteiger partial charge on any atom is 0.352 e. The Bertz CT molecular complexity index is 939. The molecule has 2 aliphatic rings. The van der Waals surface area contributed by atoms with Crippen molar-refractivity contribution in [2.24, 2.45) is 0 Å². The summed E-state index contributed by atoms with van der Waals surface area (Å²) in [4.78, 5) is 33.1. The third-order valence-corrected chi connectivity index (χ3v) is 7.52. The Morgan fingerprint density at radius 3 is 2.93 bits per heavy atom. The van der Waals surface area contributed by atoms with Gasteiger partial charge in [-0.05, 0) is 19.4 Å². The van der Waals surface area contributed by atoms with Crippen LogP contribution in [0.5, 0.6) is 0 Å². The summed E-state index contributed by atoms with van der Waals surface area (Å²) in [7, 11) is 0. The largest absolute Gasteiger partial charge is 0.477 e. The first-order valence-corrected chi connectivity index (χ1v) is 10.9. The molecule has 4 heterocycles. The van der Waals surface area contributed by atoms with Crippen LogP contribution < -0.4 is 5.32 Å². The number of fused-ring (bicyclic) bond motifs is 1. The molecule has 2 atom stereocenters. The van der Waals surface area contributed by atoms with Crippen molar-refractivity contribution in [1.82, 2.24) is 25.1 Å². The number of aryl methyl sites for hydroxylation is 2. The van der Waals surface area contributed by atoms with E-state index in [4.69, 9.17) is 0 Å². The minimum absolute atomic E-state index is 0.0890. The fraction of sp³-hybridized carbons (Fsp3) is 0.400. The predicted molar refractivity (Wildman–Crippen MR) is 104 cm³/mol. The lowest BCUT2D eigenvalue weighted by Crippen LogP contribution is -2.67. The van der Waals surface area contributed by atoms with Crippen molar-refractivity contribution in [2.75, 3.05) is 16.8 Å². The van der Waals surface area contributed by atoms with Gasteiger partial charge in [-0.25, -0.2) is 9.78 Å². The third-order valence-electron chi connectivity index (χ3n) is 4.13. The van der Waals surface area contributed by atoms with Crippen LogP contribution in [0.4, 0.5) is 5.95 Å². The number of carbonyl (C=O) groups excluding carboxylic acids is 1. The van der Waals surface area contributed by atoms with E-state index in [2.05, 4.69) is 25.5 Å². The van der Waals surface area contributed by atoms with Crippen LogP contribution in [0, 0.1) is 13.8 Å². The second-order valence-electron chi connectivity index (χ2n) is 6.06. The maximum atomic E-state index is 12.6. The van der Waals surface area contributed by atoms with Crippen LogP contribution in [0.1, 0.15) is 10.7 Å². The number of carboxylic acids is 1. The van der Waals surface area contributed by atoms with Crippen molar-refractivity contribution < 1.29 is 14.7 Å². The maximum absolute atomic E-state index is 12.6. The van der Waals surface area contributed by atoms with Gasteiger partial charge in [0.2, 0.25) is 5.95 Å². The number of amides is 1. The zero-order valence-corrected chi connectivity index (χ0v) is 16.9. The molecule has 2 aromatic heterocycles. The van der Waals surface area contributed by atoms with Crippen molar-refractivity contribution >= 4 is 52.7 Å². The number of H-pyrrole nitrogens is 1. The molecule has 142 valence electrons. The number of rotatable bonds is 6. The van der Waals surface area contributed by atoms with Crippen molar-refractivity contribution in [3.05, 3.63) is 28.2 Å². The minimum Gasteiger partial charge on any atom is -0.477 e. The number of imidazole rings is 1. The third kappa shape index (κ3) is 3.44. The van der Waals surface area contributed by atoms with E-state index in [-0.39, 0.29) is 17.0 Å². The zero-order valence-electron chi connectivity index (χ0n) is 14.4. The average molecular weight is 425 g/mol. The first-order chi connectivity index (χ1) is 12.9. The van der Waals surface area contributed by atoms with Crippen molar-refractivity contribution in [3.63, 3.8) is 0 Å². The van der Waals surface area contributed by atoms with Crippen molar-refractivity contribution in [2.45, 2.75) is 29.6 Å². The molecule has 2 aromatic rings. The summed E-state index contributed by atoms with van der Waals surface area (Å²) in [6.07, 6.45) is 1.74. The summed E-state index contributed by atoms with van der Waals surface area (Å²) in [5.41, 5.74) is 1.63. The average Bonchev–Trinajstić information content (AvgIpc) is 3.24. The lowest BCUT2D eigenvalue weighted by Gasteiger charge is -2.49. The fourth-order valence-corrected chi connectivity index (χ4v) is 6.22. The smallest absolute Gasteiger partial charge is 0.352 e. The van der Waals surface area contributed by atoms with Gasteiger partial charge < -0.3 is 15.4 Å². The Kier molecular flexibility index (Phi) is 4.86. The van der Waals surface area contributed by atoms with Gasteiger partial charge in [-0.15, -0.1) is 22.0 Å². The van der Waals surface area contributed by atoms with Gasteiger partial charge in [-0.2, -0.15) is 0 Å². The van der Waals surface area contributed by atoms with Crippen LogP contribution in [0.25, 0.3) is 0 Å². The molecular weight excluding hydrogens is 408 g/mol. The van der Waals surface area contributed by atoms with Crippen LogP contribution >= 0.6 is 34.9 Å². The molecule has 2 aliphatic heterocycles. The lowest BCUT2D eigenvalue weighted by molar-refractivity contribution is -0.147. The van der Waals surface area contributed by atoms with E-state index in [9.17, 15) is 14.7 Å². The summed E-state index contributed by atoms with van der Waals surface area (Å²) >= 11 is 4.47. The highest BCUT2D eigenvalue weighted by atomic mass is 32.2. The second-order valence-corrected chi connectivity index (χ2v) is 9.56. The molecule has 1 fully saturated rings. The van der Waals surface area contributed by atoms with Gasteiger partial charge in [0, 0.05) is 17.7 Å². The predicted octanol–water partition coefficient (Wildman–Crippen LogP) is 1.70. The number of aromatic nitrogens is 4. The minimum atomic E-state index is -1.08. The van der Waals surface area contributed by atoms with Gasteiger partial charge in [0.15, 0.2) is 4.34 Å². The van der Waals surface area contributed by atoms with Gasteiger partial charge >= 0.3 is 5.97 Å². The topological polar surface area (TPSA) is 124 Å². The number of aliphatic carboxylic acids is 1. The molecule has 0 radical (unpaired) electrons. The normalized spacial score (nSPS) is 21.9. The lowest BCUT2D eigenvalue weighted by atomic mass is 10.0. The van der Waals surface area contributed by atoms with E-state index in [0.717, 1.165) is 20.6 Å². The summed E-state index contributed by atoms with van der Waals surface area (Å²) in [6.45, 7) is 3.72. The summed E-state index contributed by atoms with van der Waals surface area (Å²) in [5.74, 6) is 0.198. The molecule has 4 rings (SSSR count). The Labute approximate surface area is 167 Å². The van der Waals surface area contributed by atoms with Crippen molar-refractivity contribution in [1.29, 1.82) is 0 Å². The van der Waals surface area contributed by atoms with E-state index in [0.29, 0.717) is 17.5 Å². The van der Waals surface area contributed by atoms with Crippen LogP contribution in [0.2, 0.25) is 0 Å². The number of nitrogens with zero attached hydrogens (tertiary/aromatic N) is 4. The molecule has 0 aliphatic carbocycles. The molecule has 1 saturated heterocycles. The van der Waals surface area contributed by atoms with E-state index in [1.54, 1.807) is 18.0 Å². The number of hydrogen-bond acceptors (Lipinski definition) is 9. The molecule has 12 heteroatoms. The van der Waals surface area contributed by atoms with E-state index in [1.807, 2.05) is 13.8 Å². The van der Waals surface area contributed by atoms with Gasteiger partial charge in [0.25, 0.3) is 5.91 Å². The summed E-state index contributed by atoms with van der Waals surface area (Å²) in [6, 6.07) is -0.491. The quantitative estimate of drug-likeness (QED) is 0.469. The molecule has 0 aromatic carbocycles. The monoisotopic (exact) mass is 424 g/mol. The van der Waals surface area contributed by atoms with Gasteiger partial charge in [-0.1, -0.05) is 23.1 Å². The second kappa shape index (κ2) is 7.17. The molecular formula is C15H16N6O3S3. The first kappa shape index (κ1) is 18.3. The highest BCUT2D eigenvalue weighted by Gasteiger charge is 2.53. The van der Waals surface area contributed by atoms with Gasteiger partial charge in [-0.3, -0.25) is 9.69 Å². The zero-order chi connectivity index (χ0) is 19.1. The molecule has 0 spiro atoms. The molecule has 9 nitrogen and oxygen atoms in total. The van der Waals surface area contributed by atoms with E-state index >= 15 is 0 Å². The number of anilines is 1. The molecule has 3 N–H and O–H groups in total. The van der Waals surface area contributed by atoms with Gasteiger partial charge in [0.05, 0.1) is 5.69 Å². The molecule has 0 saturated carbocycles.